The van der Waals surface area contributed by atoms with Crippen LogP contribution in [0, 0.1) is 18.6 Å². The fraction of sp³-hybridized carbons (Fsp3) is 0.241. The van der Waals surface area contributed by atoms with Crippen LogP contribution in [-0.2, 0) is 13.0 Å². The summed E-state index contributed by atoms with van der Waals surface area (Å²) in [5, 5.41) is 6.38. The maximum absolute atomic E-state index is 13.6. The van der Waals surface area contributed by atoms with Gasteiger partial charge in [0.2, 0.25) is 0 Å². The second-order valence-corrected chi connectivity index (χ2v) is 8.63. The average Bonchev–Trinajstić information content (AvgIpc) is 3.32. The van der Waals surface area contributed by atoms with Gasteiger partial charge in [-0.15, -0.1) is 0 Å². The van der Waals surface area contributed by atoms with Crippen LogP contribution in [0.2, 0.25) is 0 Å². The van der Waals surface area contributed by atoms with Crippen molar-refractivity contribution in [1.82, 2.24) is 9.78 Å². The van der Waals surface area contributed by atoms with E-state index in [2.05, 4.69) is 55.5 Å². The molecule has 1 amide bonds. The molecule has 0 aliphatic heterocycles. The van der Waals surface area contributed by atoms with Crippen LogP contribution in [-0.4, -0.2) is 15.7 Å². The molecule has 0 spiro atoms. The molecule has 4 aromatic rings. The van der Waals surface area contributed by atoms with Gasteiger partial charge in [-0.05, 0) is 59.7 Å². The molecule has 6 heteroatoms. The monoisotopic (exact) mass is 475 g/mol. The van der Waals surface area contributed by atoms with Gasteiger partial charge in [0.25, 0.3) is 5.91 Å². The second kappa shape index (κ2) is 12.1. The van der Waals surface area contributed by atoms with Crippen LogP contribution in [0.3, 0.4) is 0 Å². The Balaban J connectivity index is 0.000000261. The molecule has 0 atom stereocenters. The number of anilines is 1. The number of carbonyl (C=O) groups excluding carboxylic acids is 1. The maximum Gasteiger partial charge on any atom is 0.276 e. The Bertz CT molecular complexity index is 1240. The smallest absolute Gasteiger partial charge is 0.276 e. The van der Waals surface area contributed by atoms with Gasteiger partial charge in [-0.3, -0.25) is 9.48 Å². The molecule has 182 valence electrons. The number of para-hydroxylation sites is 1. The summed E-state index contributed by atoms with van der Waals surface area (Å²) in [6.07, 6.45) is 2.79. The van der Waals surface area contributed by atoms with Crippen molar-refractivity contribution in [2.45, 2.75) is 46.6 Å². The van der Waals surface area contributed by atoms with Crippen molar-refractivity contribution in [3.63, 3.8) is 0 Å². The van der Waals surface area contributed by atoms with E-state index < -0.39 is 23.2 Å². The molecule has 0 fully saturated rings. The number of amides is 1. The van der Waals surface area contributed by atoms with Crippen molar-refractivity contribution in [3.8, 4) is 0 Å². The van der Waals surface area contributed by atoms with E-state index >= 15 is 0 Å². The zero-order chi connectivity index (χ0) is 25.4. The van der Waals surface area contributed by atoms with Gasteiger partial charge in [0.05, 0.1) is 6.54 Å². The fourth-order valence-electron chi connectivity index (χ4n) is 3.47. The van der Waals surface area contributed by atoms with E-state index in [0.717, 1.165) is 29.7 Å². The minimum Gasteiger partial charge on any atom is -0.316 e. The van der Waals surface area contributed by atoms with Crippen LogP contribution in [0.5, 0.6) is 0 Å². The number of aryl methyl sites for hydroxylation is 2. The normalized spacial score (nSPS) is 10.6. The molecule has 1 N–H and O–H groups in total. The number of hydrogen-bond donors (Lipinski definition) is 1. The minimum atomic E-state index is -0.831. The van der Waals surface area contributed by atoms with Crippen LogP contribution >= 0.6 is 0 Å². The van der Waals surface area contributed by atoms with E-state index in [4.69, 9.17) is 0 Å². The van der Waals surface area contributed by atoms with Crippen LogP contribution < -0.4 is 5.32 Å². The highest BCUT2D eigenvalue weighted by molar-refractivity contribution is 6.02. The van der Waals surface area contributed by atoms with Gasteiger partial charge in [0.1, 0.15) is 17.3 Å². The zero-order valence-corrected chi connectivity index (χ0v) is 20.6. The van der Waals surface area contributed by atoms with Crippen LogP contribution in [0.15, 0.2) is 79.0 Å². The highest BCUT2D eigenvalue weighted by Gasteiger charge is 2.15. The lowest BCUT2D eigenvalue weighted by atomic mass is 10.0. The molecule has 4 rings (SSSR count). The van der Waals surface area contributed by atoms with Crippen molar-refractivity contribution in [2.24, 2.45) is 0 Å². The number of nitrogens with zero attached hydrogens (tertiary/aromatic N) is 2. The number of halogens is 2. The van der Waals surface area contributed by atoms with Crippen molar-refractivity contribution in [2.75, 3.05) is 5.32 Å². The second-order valence-electron chi connectivity index (χ2n) is 8.63. The Morgan fingerprint density at radius 2 is 1.60 bits per heavy atom. The summed E-state index contributed by atoms with van der Waals surface area (Å²) < 4.78 is 28.8. The standard InChI is InChI=1S/C18H15F2N3O.C11H16/c1-12-5-2-3-6-13(12)11-23-10-9-16(22-23)18(24)21-17-14(19)7-4-8-15(17)20;1-4-10-5-7-11(8-6-10)9(2)3/h2-10H,11H2,1H3,(H,21,24);5-9H,4H2,1-3H3. The summed E-state index contributed by atoms with van der Waals surface area (Å²) >= 11 is 0. The van der Waals surface area contributed by atoms with E-state index in [1.54, 1.807) is 10.9 Å². The minimum absolute atomic E-state index is 0.0891. The highest BCUT2D eigenvalue weighted by Crippen LogP contribution is 2.19. The molecule has 3 aromatic carbocycles. The van der Waals surface area contributed by atoms with Crippen molar-refractivity contribution in [1.29, 1.82) is 0 Å². The number of hydrogen-bond acceptors (Lipinski definition) is 2. The first kappa shape index (κ1) is 25.8. The molecule has 0 radical (unpaired) electrons. The third-order valence-electron chi connectivity index (χ3n) is 5.72. The number of benzene rings is 3. The maximum atomic E-state index is 13.6. The Morgan fingerprint density at radius 3 is 2.20 bits per heavy atom. The Kier molecular flexibility index (Phi) is 8.90. The summed E-state index contributed by atoms with van der Waals surface area (Å²) in [5.41, 5.74) is 4.67. The first-order chi connectivity index (χ1) is 16.8. The number of rotatable bonds is 6. The van der Waals surface area contributed by atoms with Crippen LogP contribution in [0.25, 0.3) is 0 Å². The van der Waals surface area contributed by atoms with Gasteiger partial charge in [-0.2, -0.15) is 5.10 Å². The number of nitrogens with one attached hydrogen (secondary N) is 1. The summed E-state index contributed by atoms with van der Waals surface area (Å²) in [6.45, 7) is 9.13. The summed E-state index contributed by atoms with van der Waals surface area (Å²) in [4.78, 5) is 12.1. The predicted molar refractivity (Wildman–Crippen MR) is 137 cm³/mol. The molecule has 0 bridgehead atoms. The molecule has 1 aromatic heterocycles. The van der Waals surface area contributed by atoms with Crippen LogP contribution in [0.1, 0.15) is 59.4 Å². The lowest BCUT2D eigenvalue weighted by Gasteiger charge is -2.06. The van der Waals surface area contributed by atoms with E-state index in [9.17, 15) is 13.6 Å². The summed E-state index contributed by atoms with van der Waals surface area (Å²) in [6, 6.07) is 21.6. The fourth-order valence-corrected chi connectivity index (χ4v) is 3.47. The molecule has 0 saturated heterocycles. The highest BCUT2D eigenvalue weighted by atomic mass is 19.1. The molecular weight excluding hydrogens is 444 g/mol. The van der Waals surface area contributed by atoms with Gasteiger partial charge < -0.3 is 5.32 Å². The summed E-state index contributed by atoms with van der Waals surface area (Å²) in [7, 11) is 0. The topological polar surface area (TPSA) is 46.9 Å². The van der Waals surface area contributed by atoms with E-state index in [-0.39, 0.29) is 5.69 Å². The van der Waals surface area contributed by atoms with Crippen LogP contribution in [0.4, 0.5) is 14.5 Å². The molecule has 1 heterocycles. The van der Waals surface area contributed by atoms with Gasteiger partial charge in [-0.1, -0.05) is 75.4 Å². The molecule has 0 saturated carbocycles. The molecule has 35 heavy (non-hydrogen) atoms. The third kappa shape index (κ3) is 7.09. The first-order valence-electron chi connectivity index (χ1n) is 11.7. The predicted octanol–water partition coefficient (Wildman–Crippen LogP) is 7.14. The number of carbonyl (C=O) groups is 1. The molecule has 0 unspecified atom stereocenters. The Labute approximate surface area is 205 Å². The van der Waals surface area contributed by atoms with Gasteiger partial charge >= 0.3 is 0 Å². The van der Waals surface area contributed by atoms with Crippen molar-refractivity contribution < 1.29 is 13.6 Å². The molecule has 0 aliphatic carbocycles. The third-order valence-corrected chi connectivity index (χ3v) is 5.72. The van der Waals surface area contributed by atoms with Gasteiger partial charge in [-0.25, -0.2) is 8.78 Å². The van der Waals surface area contributed by atoms with Gasteiger partial charge in [0, 0.05) is 6.20 Å². The van der Waals surface area contributed by atoms with E-state index in [0.29, 0.717) is 12.5 Å². The SMILES string of the molecule is CCc1ccc(C(C)C)cc1.Cc1ccccc1Cn1ccc(C(=O)Nc2c(F)cccc2F)n1. The quantitative estimate of drug-likeness (QED) is 0.322. The average molecular weight is 476 g/mol. The number of aromatic nitrogens is 2. The molecule has 0 aliphatic rings. The Morgan fingerprint density at radius 1 is 0.943 bits per heavy atom. The first-order valence-corrected chi connectivity index (χ1v) is 11.7. The lowest BCUT2D eigenvalue weighted by molar-refractivity contribution is 0.102. The Hall–Kier alpha value is -3.80. The largest absolute Gasteiger partial charge is 0.316 e. The van der Waals surface area contributed by atoms with E-state index in [1.165, 1.54) is 23.3 Å². The van der Waals surface area contributed by atoms with Crippen molar-refractivity contribution in [3.05, 3.63) is 119 Å². The van der Waals surface area contributed by atoms with E-state index in [1.807, 2.05) is 31.2 Å². The lowest BCUT2D eigenvalue weighted by Crippen LogP contribution is -2.15. The summed E-state index contributed by atoms with van der Waals surface area (Å²) in [5.74, 6) is -1.67. The molecular formula is C29H31F2N3O. The van der Waals surface area contributed by atoms with Crippen molar-refractivity contribution >= 4 is 11.6 Å². The molecule has 4 nitrogen and oxygen atoms in total. The zero-order valence-electron chi connectivity index (χ0n) is 20.6. The van der Waals surface area contributed by atoms with Gasteiger partial charge in [0.15, 0.2) is 5.69 Å².